The van der Waals surface area contributed by atoms with Crippen molar-refractivity contribution in [3.8, 4) is 0 Å². The van der Waals surface area contributed by atoms with Gasteiger partial charge in [0.05, 0.1) is 16.8 Å². The maximum atomic E-state index is 13.2. The zero-order valence-corrected chi connectivity index (χ0v) is 17.0. The number of halogens is 6. The second-order valence-corrected chi connectivity index (χ2v) is 7.13. The Kier molecular flexibility index (Phi) is 7.20. The summed E-state index contributed by atoms with van der Waals surface area (Å²) < 4.78 is 78.2. The van der Waals surface area contributed by atoms with Crippen LogP contribution in [0.5, 0.6) is 0 Å². The molecule has 1 N–H and O–H groups in total. The monoisotopic (exact) mass is 464 g/mol. The summed E-state index contributed by atoms with van der Waals surface area (Å²) >= 11 is 0. The van der Waals surface area contributed by atoms with Gasteiger partial charge in [0.25, 0.3) is 0 Å². The molecule has 0 aromatic heterocycles. The fourth-order valence-corrected chi connectivity index (χ4v) is 3.03. The standard InChI is InChI=1S/C24H18F6N2O/c25-23(26,27)19-12-10-17(11-13-19)22(18-7-4-8-20(15-18)24(28,29)30)32-31-21(33)14-9-16-5-2-1-3-6-16/h1-8,10-13,15H,9,14H2,(H,31,33). The zero-order chi connectivity index (χ0) is 24.1. The summed E-state index contributed by atoms with van der Waals surface area (Å²) in [6.07, 6.45) is -8.71. The SMILES string of the molecule is O=C(CCc1ccccc1)NN=C(c1ccc(C(F)(F)F)cc1)c1cccc(C(F)(F)F)c1. The normalized spacial score (nSPS) is 12.5. The first-order valence-corrected chi connectivity index (χ1v) is 9.80. The minimum Gasteiger partial charge on any atom is -0.273 e. The van der Waals surface area contributed by atoms with E-state index in [4.69, 9.17) is 0 Å². The third-order valence-electron chi connectivity index (χ3n) is 4.72. The molecule has 3 aromatic carbocycles. The lowest BCUT2D eigenvalue weighted by Gasteiger charge is -2.13. The lowest BCUT2D eigenvalue weighted by atomic mass is 9.99. The summed E-state index contributed by atoms with van der Waals surface area (Å²) in [4.78, 5) is 12.2. The largest absolute Gasteiger partial charge is 0.416 e. The van der Waals surface area contributed by atoms with Crippen LogP contribution in [0.15, 0.2) is 84.0 Å². The summed E-state index contributed by atoms with van der Waals surface area (Å²) in [6, 6.07) is 17.1. The molecule has 3 nitrogen and oxygen atoms in total. The zero-order valence-electron chi connectivity index (χ0n) is 17.0. The van der Waals surface area contributed by atoms with Crippen LogP contribution in [-0.2, 0) is 23.6 Å². The predicted octanol–water partition coefficient (Wildman–Crippen LogP) is 6.23. The maximum absolute atomic E-state index is 13.2. The molecule has 0 aliphatic rings. The fourth-order valence-electron chi connectivity index (χ4n) is 3.03. The van der Waals surface area contributed by atoms with Crippen molar-refractivity contribution >= 4 is 11.6 Å². The molecule has 0 aliphatic heterocycles. The van der Waals surface area contributed by atoms with Gasteiger partial charge in [-0.25, -0.2) is 5.43 Å². The van der Waals surface area contributed by atoms with Gasteiger partial charge in [-0.3, -0.25) is 4.79 Å². The number of carbonyl (C=O) groups excluding carboxylic acids is 1. The molecule has 172 valence electrons. The number of nitrogens with zero attached hydrogens (tertiary/aromatic N) is 1. The highest BCUT2D eigenvalue weighted by Crippen LogP contribution is 2.31. The van der Waals surface area contributed by atoms with E-state index in [0.717, 1.165) is 48.0 Å². The van der Waals surface area contributed by atoms with Crippen molar-refractivity contribution < 1.29 is 31.1 Å². The van der Waals surface area contributed by atoms with E-state index in [0.29, 0.717) is 6.42 Å². The number of hydrogen-bond acceptors (Lipinski definition) is 2. The van der Waals surface area contributed by atoms with Crippen molar-refractivity contribution in [3.05, 3.63) is 107 Å². The summed E-state index contributed by atoms with van der Waals surface area (Å²) in [5, 5.41) is 3.96. The van der Waals surface area contributed by atoms with Gasteiger partial charge in [0.2, 0.25) is 5.91 Å². The van der Waals surface area contributed by atoms with Gasteiger partial charge >= 0.3 is 12.4 Å². The van der Waals surface area contributed by atoms with Crippen LogP contribution >= 0.6 is 0 Å². The van der Waals surface area contributed by atoms with Crippen LogP contribution in [0.4, 0.5) is 26.3 Å². The highest BCUT2D eigenvalue weighted by atomic mass is 19.4. The van der Waals surface area contributed by atoms with Crippen LogP contribution in [0.1, 0.15) is 34.2 Å². The number of nitrogens with one attached hydrogen (secondary N) is 1. The number of hydrazone groups is 1. The van der Waals surface area contributed by atoms with E-state index in [-0.39, 0.29) is 23.3 Å². The molecule has 0 heterocycles. The third kappa shape index (κ3) is 6.68. The smallest absolute Gasteiger partial charge is 0.273 e. The number of alkyl halides is 6. The van der Waals surface area contributed by atoms with Gasteiger partial charge in [0, 0.05) is 17.5 Å². The van der Waals surface area contributed by atoms with Gasteiger partial charge in [-0.1, -0.05) is 54.6 Å². The summed E-state index contributed by atoms with van der Waals surface area (Å²) in [7, 11) is 0. The Morgan fingerprint density at radius 2 is 1.36 bits per heavy atom. The Bertz CT molecular complexity index is 1120. The van der Waals surface area contributed by atoms with Crippen molar-refractivity contribution in [2.75, 3.05) is 0 Å². The molecule has 33 heavy (non-hydrogen) atoms. The van der Waals surface area contributed by atoms with Gasteiger partial charge in [-0.2, -0.15) is 31.4 Å². The van der Waals surface area contributed by atoms with Crippen molar-refractivity contribution in [3.63, 3.8) is 0 Å². The van der Waals surface area contributed by atoms with Crippen LogP contribution in [-0.4, -0.2) is 11.6 Å². The predicted molar refractivity (Wildman–Crippen MR) is 111 cm³/mol. The number of carbonyl (C=O) groups is 1. The third-order valence-corrected chi connectivity index (χ3v) is 4.72. The number of hydrogen-bond donors (Lipinski definition) is 1. The van der Waals surface area contributed by atoms with E-state index in [2.05, 4.69) is 10.5 Å². The van der Waals surface area contributed by atoms with E-state index in [1.807, 2.05) is 30.3 Å². The first kappa shape index (κ1) is 24.0. The number of benzene rings is 3. The first-order chi connectivity index (χ1) is 15.5. The lowest BCUT2D eigenvalue weighted by molar-refractivity contribution is -0.138. The average Bonchev–Trinajstić information content (AvgIpc) is 2.78. The van der Waals surface area contributed by atoms with Gasteiger partial charge in [0.1, 0.15) is 0 Å². The van der Waals surface area contributed by atoms with Crippen LogP contribution in [0.25, 0.3) is 0 Å². The van der Waals surface area contributed by atoms with E-state index in [9.17, 15) is 31.1 Å². The Labute approximate surface area is 185 Å². The molecule has 9 heteroatoms. The van der Waals surface area contributed by atoms with Gasteiger partial charge in [-0.05, 0) is 36.2 Å². The van der Waals surface area contributed by atoms with Crippen LogP contribution < -0.4 is 5.43 Å². The summed E-state index contributed by atoms with van der Waals surface area (Å²) in [5.41, 5.74) is 1.36. The van der Waals surface area contributed by atoms with E-state index in [1.54, 1.807) is 0 Å². The lowest BCUT2D eigenvalue weighted by Crippen LogP contribution is -2.21. The topological polar surface area (TPSA) is 41.5 Å². The fraction of sp³-hybridized carbons (Fsp3) is 0.167. The number of aryl methyl sites for hydroxylation is 1. The number of rotatable bonds is 6. The molecule has 3 aromatic rings. The Balaban J connectivity index is 1.89. The molecule has 0 radical (unpaired) electrons. The quantitative estimate of drug-likeness (QED) is 0.263. The highest BCUT2D eigenvalue weighted by molar-refractivity contribution is 6.13. The van der Waals surface area contributed by atoms with E-state index in [1.165, 1.54) is 6.07 Å². The second-order valence-electron chi connectivity index (χ2n) is 7.13. The first-order valence-electron chi connectivity index (χ1n) is 9.80. The van der Waals surface area contributed by atoms with Crippen molar-refractivity contribution in [2.24, 2.45) is 5.10 Å². The molecule has 3 rings (SSSR count). The Morgan fingerprint density at radius 1 is 0.727 bits per heavy atom. The minimum absolute atomic E-state index is 0.00653. The van der Waals surface area contributed by atoms with Crippen LogP contribution in [0.3, 0.4) is 0 Å². The molecule has 0 fully saturated rings. The molecule has 0 bridgehead atoms. The minimum atomic E-state index is -4.62. The molecule has 0 atom stereocenters. The summed E-state index contributed by atoms with van der Waals surface area (Å²) in [6.45, 7) is 0. The molecular weight excluding hydrogens is 446 g/mol. The van der Waals surface area contributed by atoms with Crippen molar-refractivity contribution in [1.82, 2.24) is 5.43 Å². The van der Waals surface area contributed by atoms with Gasteiger partial charge < -0.3 is 0 Å². The molecule has 0 unspecified atom stereocenters. The van der Waals surface area contributed by atoms with Crippen molar-refractivity contribution in [1.29, 1.82) is 0 Å². The average molecular weight is 464 g/mol. The summed E-state index contributed by atoms with van der Waals surface area (Å²) in [5.74, 6) is -0.491. The molecular formula is C24H18F6N2O. The molecule has 0 saturated heterocycles. The van der Waals surface area contributed by atoms with E-state index >= 15 is 0 Å². The van der Waals surface area contributed by atoms with Crippen molar-refractivity contribution in [2.45, 2.75) is 25.2 Å². The highest BCUT2D eigenvalue weighted by Gasteiger charge is 2.32. The Morgan fingerprint density at radius 3 is 1.97 bits per heavy atom. The molecule has 0 spiro atoms. The second kappa shape index (κ2) is 9.89. The van der Waals surface area contributed by atoms with Crippen LogP contribution in [0.2, 0.25) is 0 Å². The Hall–Kier alpha value is -3.62. The van der Waals surface area contributed by atoms with E-state index < -0.39 is 29.4 Å². The maximum Gasteiger partial charge on any atom is 0.416 e. The molecule has 0 saturated carbocycles. The number of amides is 1. The molecule has 0 aliphatic carbocycles. The molecule has 1 amide bonds. The van der Waals surface area contributed by atoms with Gasteiger partial charge in [0.15, 0.2) is 0 Å². The van der Waals surface area contributed by atoms with Crippen LogP contribution in [0, 0.1) is 0 Å². The van der Waals surface area contributed by atoms with Gasteiger partial charge in [-0.15, -0.1) is 0 Å².